The van der Waals surface area contributed by atoms with Crippen LogP contribution in [0.3, 0.4) is 0 Å². The van der Waals surface area contributed by atoms with Crippen LogP contribution in [0.4, 0.5) is 0 Å². The lowest BCUT2D eigenvalue weighted by atomic mass is 9.51. The quantitative estimate of drug-likeness (QED) is 0.535. The first-order valence-corrected chi connectivity index (χ1v) is 9.89. The van der Waals surface area contributed by atoms with Gasteiger partial charge in [-0.1, -0.05) is 36.7 Å². The number of hydrazine groups is 1. The predicted octanol–water partition coefficient (Wildman–Crippen LogP) is 2.41. The maximum absolute atomic E-state index is 13.0. The lowest BCUT2D eigenvalue weighted by Gasteiger charge is -2.55. The number of imide groups is 1. The van der Waals surface area contributed by atoms with Crippen LogP contribution in [0.1, 0.15) is 50.4 Å². The molecule has 2 unspecified atom stereocenters. The van der Waals surface area contributed by atoms with E-state index in [1.807, 2.05) is 13.8 Å². The van der Waals surface area contributed by atoms with E-state index in [1.54, 1.807) is 31.2 Å². The average molecular weight is 450 g/mol. The van der Waals surface area contributed by atoms with Crippen molar-refractivity contribution in [3.8, 4) is 0 Å². The minimum atomic E-state index is -0.957. The van der Waals surface area contributed by atoms with Crippen molar-refractivity contribution in [2.45, 2.75) is 40.0 Å². The molecule has 0 radical (unpaired) electrons. The summed E-state index contributed by atoms with van der Waals surface area (Å²) in [5.74, 6) is -1.36. The zero-order chi connectivity index (χ0) is 20.9. The number of rotatable bonds is 2. The van der Waals surface area contributed by atoms with E-state index in [0.717, 1.165) is 4.47 Å². The van der Waals surface area contributed by atoms with Crippen LogP contribution < -0.4 is 10.9 Å². The number of hydrogen-bond donors (Lipinski definition) is 2. The molecule has 0 spiro atoms. The average Bonchev–Trinajstić information content (AvgIpc) is 2.62. The summed E-state index contributed by atoms with van der Waals surface area (Å²) in [5, 5.41) is 0. The molecule has 1 saturated heterocycles. The molecule has 8 heteroatoms. The Morgan fingerprint density at radius 3 is 1.93 bits per heavy atom. The van der Waals surface area contributed by atoms with Crippen LogP contribution in [0.2, 0.25) is 0 Å². The van der Waals surface area contributed by atoms with E-state index in [0.29, 0.717) is 24.8 Å². The van der Waals surface area contributed by atoms with Crippen LogP contribution in [-0.2, 0) is 14.4 Å². The third-order valence-electron chi connectivity index (χ3n) is 5.93. The summed E-state index contributed by atoms with van der Waals surface area (Å²) in [6, 6.07) is 6.73. The minimum absolute atomic E-state index is 0.257. The molecule has 1 aromatic rings. The number of likely N-dealkylation sites (tertiary alicyclic amines) is 1. The van der Waals surface area contributed by atoms with Crippen LogP contribution in [0.15, 0.2) is 28.7 Å². The topological polar surface area (TPSA) is 95.6 Å². The molecule has 4 amide bonds. The Kier molecular flexibility index (Phi) is 4.90. The predicted molar refractivity (Wildman–Crippen MR) is 106 cm³/mol. The molecule has 2 aliphatic rings. The van der Waals surface area contributed by atoms with Crippen molar-refractivity contribution in [1.29, 1.82) is 0 Å². The number of benzene rings is 1. The number of halogens is 1. The lowest BCUT2D eigenvalue weighted by Crippen LogP contribution is -2.64. The van der Waals surface area contributed by atoms with Gasteiger partial charge in [0.1, 0.15) is 0 Å². The van der Waals surface area contributed by atoms with Crippen molar-refractivity contribution in [2.24, 2.45) is 16.2 Å². The second-order valence-electron chi connectivity index (χ2n) is 8.80. The number of amides is 4. The van der Waals surface area contributed by atoms with Gasteiger partial charge in [-0.3, -0.25) is 34.9 Å². The minimum Gasteiger partial charge on any atom is -0.285 e. The van der Waals surface area contributed by atoms with Crippen LogP contribution in [0.5, 0.6) is 0 Å². The van der Waals surface area contributed by atoms with Crippen LogP contribution in [-0.4, -0.2) is 35.6 Å². The van der Waals surface area contributed by atoms with Crippen molar-refractivity contribution in [2.75, 3.05) is 7.05 Å². The Labute approximate surface area is 172 Å². The number of carbonyl (C=O) groups excluding carboxylic acids is 4. The lowest BCUT2D eigenvalue weighted by molar-refractivity contribution is -0.178. The molecule has 1 aliphatic heterocycles. The van der Waals surface area contributed by atoms with Crippen molar-refractivity contribution >= 4 is 39.6 Å². The smallest absolute Gasteiger partial charge is 0.269 e. The Morgan fingerprint density at radius 1 is 0.929 bits per heavy atom. The van der Waals surface area contributed by atoms with E-state index in [-0.39, 0.29) is 11.8 Å². The zero-order valence-electron chi connectivity index (χ0n) is 16.4. The standard InChI is InChI=1S/C20H24BrN3O4/c1-18(15(26)23-22-14(25)12-5-7-13(21)8-6-12)9-19(2)11-20(3,10-18)17(28)24(4)16(19)27/h5-8H,9-11H2,1-4H3,(H,22,25)(H,23,26). The highest BCUT2D eigenvalue weighted by atomic mass is 79.9. The number of nitrogens with zero attached hydrogens (tertiary/aromatic N) is 1. The number of carbonyl (C=O) groups is 4. The van der Waals surface area contributed by atoms with Gasteiger partial charge >= 0.3 is 0 Å². The highest BCUT2D eigenvalue weighted by Gasteiger charge is 2.62. The third-order valence-corrected chi connectivity index (χ3v) is 6.46. The summed E-state index contributed by atoms with van der Waals surface area (Å²) in [6.07, 6.45) is 1.05. The summed E-state index contributed by atoms with van der Waals surface area (Å²) in [7, 11) is 1.50. The molecule has 2 N–H and O–H groups in total. The highest BCUT2D eigenvalue weighted by molar-refractivity contribution is 9.10. The fourth-order valence-corrected chi connectivity index (χ4v) is 5.34. The fraction of sp³-hybridized carbons (Fsp3) is 0.500. The first kappa shape index (κ1) is 20.5. The summed E-state index contributed by atoms with van der Waals surface area (Å²) < 4.78 is 0.843. The fourth-order valence-electron chi connectivity index (χ4n) is 5.07. The second-order valence-corrected chi connectivity index (χ2v) is 9.71. The zero-order valence-corrected chi connectivity index (χ0v) is 18.0. The Bertz CT molecular complexity index is 839. The van der Waals surface area contributed by atoms with E-state index < -0.39 is 28.1 Å². The van der Waals surface area contributed by atoms with Crippen molar-refractivity contribution in [3.05, 3.63) is 34.3 Å². The molecule has 150 valence electrons. The van der Waals surface area contributed by atoms with Gasteiger partial charge in [0, 0.05) is 27.9 Å². The van der Waals surface area contributed by atoms with Crippen LogP contribution in [0, 0.1) is 16.2 Å². The van der Waals surface area contributed by atoms with Gasteiger partial charge in [0.05, 0.1) is 5.41 Å². The second kappa shape index (κ2) is 6.69. The molecule has 7 nitrogen and oxygen atoms in total. The van der Waals surface area contributed by atoms with Gasteiger partial charge in [-0.2, -0.15) is 0 Å². The van der Waals surface area contributed by atoms with Gasteiger partial charge in [-0.05, 0) is 43.5 Å². The maximum Gasteiger partial charge on any atom is 0.269 e. The molecule has 1 saturated carbocycles. The van der Waals surface area contributed by atoms with Crippen LogP contribution in [0.25, 0.3) is 0 Å². The number of fused-ring (bicyclic) bond motifs is 2. The molecule has 1 aliphatic carbocycles. The van der Waals surface area contributed by atoms with E-state index in [4.69, 9.17) is 0 Å². The van der Waals surface area contributed by atoms with E-state index in [2.05, 4.69) is 26.8 Å². The monoisotopic (exact) mass is 449 g/mol. The van der Waals surface area contributed by atoms with Crippen molar-refractivity contribution < 1.29 is 19.2 Å². The number of nitrogens with one attached hydrogen (secondary N) is 2. The SMILES string of the molecule is CN1C(=O)C2(C)CC(C)(C(=O)NNC(=O)c3ccc(Br)cc3)CC(C)(C2)C1=O. The highest BCUT2D eigenvalue weighted by Crippen LogP contribution is 2.58. The molecule has 2 bridgehead atoms. The van der Waals surface area contributed by atoms with Crippen molar-refractivity contribution in [1.82, 2.24) is 15.8 Å². The molecule has 28 heavy (non-hydrogen) atoms. The third kappa shape index (κ3) is 3.34. The molecule has 3 rings (SSSR count). The summed E-state index contributed by atoms with van der Waals surface area (Å²) >= 11 is 3.30. The molecule has 0 aromatic heterocycles. The first-order valence-electron chi connectivity index (χ1n) is 9.09. The molecule has 2 fully saturated rings. The summed E-state index contributed by atoms with van der Waals surface area (Å²) in [6.45, 7) is 5.36. The molecule has 2 atom stereocenters. The molecule has 1 aromatic carbocycles. The van der Waals surface area contributed by atoms with Crippen molar-refractivity contribution in [3.63, 3.8) is 0 Å². The largest absolute Gasteiger partial charge is 0.285 e. The Balaban J connectivity index is 1.76. The molecular formula is C20H24BrN3O4. The van der Waals surface area contributed by atoms with Gasteiger partial charge in [0.15, 0.2) is 0 Å². The Hall–Kier alpha value is -2.22. The number of piperidine rings is 1. The molecular weight excluding hydrogens is 426 g/mol. The van der Waals surface area contributed by atoms with E-state index in [9.17, 15) is 19.2 Å². The number of hydrogen-bond acceptors (Lipinski definition) is 4. The first-order chi connectivity index (χ1) is 12.9. The van der Waals surface area contributed by atoms with Gasteiger partial charge in [0.2, 0.25) is 17.7 Å². The summed E-state index contributed by atoms with van der Waals surface area (Å²) in [4.78, 5) is 51.8. The van der Waals surface area contributed by atoms with Crippen LogP contribution >= 0.6 is 15.9 Å². The van der Waals surface area contributed by atoms with E-state index >= 15 is 0 Å². The molecule has 1 heterocycles. The van der Waals surface area contributed by atoms with Gasteiger partial charge in [-0.25, -0.2) is 0 Å². The van der Waals surface area contributed by atoms with Gasteiger partial charge < -0.3 is 0 Å². The van der Waals surface area contributed by atoms with Gasteiger partial charge in [0.25, 0.3) is 5.91 Å². The normalized spacial score (nSPS) is 32.1. The Morgan fingerprint density at radius 2 is 1.43 bits per heavy atom. The maximum atomic E-state index is 13.0. The van der Waals surface area contributed by atoms with Gasteiger partial charge in [-0.15, -0.1) is 0 Å². The van der Waals surface area contributed by atoms with E-state index in [1.165, 1.54) is 11.9 Å². The summed E-state index contributed by atoms with van der Waals surface area (Å²) in [5.41, 5.74) is 2.77.